The van der Waals surface area contributed by atoms with Crippen molar-refractivity contribution in [1.29, 1.82) is 0 Å². The topological polar surface area (TPSA) is 56.1 Å². The zero-order chi connectivity index (χ0) is 23.4. The highest BCUT2D eigenvalue weighted by molar-refractivity contribution is 5.94. The highest BCUT2D eigenvalue weighted by atomic mass is 19.1. The van der Waals surface area contributed by atoms with Crippen molar-refractivity contribution in [2.75, 3.05) is 6.61 Å². The first-order valence-corrected chi connectivity index (χ1v) is 11.0. The van der Waals surface area contributed by atoms with Crippen LogP contribution in [0.25, 0.3) is 11.0 Å². The first-order valence-electron chi connectivity index (χ1n) is 11.0. The number of aromatic nitrogens is 2. The van der Waals surface area contributed by atoms with Gasteiger partial charge in [0.25, 0.3) is 5.91 Å². The van der Waals surface area contributed by atoms with Gasteiger partial charge in [-0.1, -0.05) is 57.2 Å². The number of halogens is 1. The average molecular weight is 446 g/mol. The number of amides is 1. The van der Waals surface area contributed by atoms with E-state index in [1.165, 1.54) is 17.7 Å². The molecule has 0 aliphatic carbocycles. The van der Waals surface area contributed by atoms with E-state index in [4.69, 9.17) is 4.74 Å². The van der Waals surface area contributed by atoms with Gasteiger partial charge < -0.3 is 14.6 Å². The monoisotopic (exact) mass is 445 g/mol. The second-order valence-electron chi connectivity index (χ2n) is 8.95. The third-order valence-corrected chi connectivity index (χ3v) is 5.56. The predicted octanol–water partition coefficient (Wildman–Crippen LogP) is 5.48. The Morgan fingerprint density at radius 3 is 2.42 bits per heavy atom. The maximum atomic E-state index is 13.9. The molecule has 0 spiro atoms. The fourth-order valence-corrected chi connectivity index (χ4v) is 3.72. The van der Waals surface area contributed by atoms with Gasteiger partial charge in [-0.15, -0.1) is 0 Å². The normalized spacial score (nSPS) is 11.5. The first kappa shape index (κ1) is 22.5. The zero-order valence-electron chi connectivity index (χ0n) is 19.1. The Balaban J connectivity index is 1.46. The lowest BCUT2D eigenvalue weighted by Gasteiger charge is -2.19. The Labute approximate surface area is 193 Å². The molecule has 5 nitrogen and oxygen atoms in total. The number of hydrogen-bond acceptors (Lipinski definition) is 3. The van der Waals surface area contributed by atoms with Crippen LogP contribution in [-0.4, -0.2) is 22.1 Å². The van der Waals surface area contributed by atoms with Crippen molar-refractivity contribution in [2.24, 2.45) is 0 Å². The van der Waals surface area contributed by atoms with E-state index in [-0.39, 0.29) is 17.5 Å². The molecular weight excluding hydrogens is 417 g/mol. The molecule has 1 N–H and O–H groups in total. The SMILES string of the molecule is CC(C)(C)c1ccc(OCCn2c(CNC(=O)c3ccccc3F)nc3ccccc32)cc1. The molecule has 0 fully saturated rings. The zero-order valence-corrected chi connectivity index (χ0v) is 19.1. The molecule has 0 bridgehead atoms. The molecule has 0 saturated heterocycles. The third-order valence-electron chi connectivity index (χ3n) is 5.56. The van der Waals surface area contributed by atoms with Gasteiger partial charge >= 0.3 is 0 Å². The summed E-state index contributed by atoms with van der Waals surface area (Å²) < 4.78 is 21.9. The molecule has 1 heterocycles. The number of benzene rings is 3. The number of ether oxygens (including phenoxy) is 1. The number of nitrogens with one attached hydrogen (secondary N) is 1. The molecule has 0 saturated carbocycles. The van der Waals surface area contributed by atoms with Crippen LogP contribution in [0, 0.1) is 5.82 Å². The van der Waals surface area contributed by atoms with E-state index < -0.39 is 11.7 Å². The van der Waals surface area contributed by atoms with Gasteiger partial charge in [-0.2, -0.15) is 0 Å². The lowest BCUT2D eigenvalue weighted by molar-refractivity contribution is 0.0945. The van der Waals surface area contributed by atoms with Crippen molar-refractivity contribution >= 4 is 16.9 Å². The predicted molar refractivity (Wildman–Crippen MR) is 128 cm³/mol. The van der Waals surface area contributed by atoms with Gasteiger partial charge in [-0.05, 0) is 47.4 Å². The number of nitrogens with zero attached hydrogens (tertiary/aromatic N) is 2. The summed E-state index contributed by atoms with van der Waals surface area (Å²) in [6, 6.07) is 21.9. The molecule has 4 rings (SSSR count). The molecule has 170 valence electrons. The standard InChI is InChI=1S/C27H28FN3O2/c1-27(2,3)19-12-14-20(15-13-19)33-17-16-31-24-11-7-6-10-23(24)30-25(31)18-29-26(32)21-8-4-5-9-22(21)28/h4-15H,16-18H2,1-3H3,(H,29,32). The summed E-state index contributed by atoms with van der Waals surface area (Å²) >= 11 is 0. The van der Waals surface area contributed by atoms with E-state index in [0.717, 1.165) is 16.8 Å². The van der Waals surface area contributed by atoms with E-state index in [0.29, 0.717) is 19.0 Å². The molecule has 0 unspecified atom stereocenters. The average Bonchev–Trinajstić information content (AvgIpc) is 3.15. The Kier molecular flexibility index (Phi) is 6.45. The molecule has 0 aliphatic heterocycles. The van der Waals surface area contributed by atoms with Crippen molar-refractivity contribution in [3.63, 3.8) is 0 Å². The quantitative estimate of drug-likeness (QED) is 0.410. The summed E-state index contributed by atoms with van der Waals surface area (Å²) in [5, 5.41) is 2.78. The highest BCUT2D eigenvalue weighted by Crippen LogP contribution is 2.24. The third kappa shape index (κ3) is 5.22. The molecule has 3 aromatic carbocycles. The van der Waals surface area contributed by atoms with Crippen molar-refractivity contribution in [3.05, 3.63) is 95.6 Å². The number of carbonyl (C=O) groups excluding carboxylic acids is 1. The van der Waals surface area contributed by atoms with Gasteiger partial charge in [-0.25, -0.2) is 9.37 Å². The summed E-state index contributed by atoms with van der Waals surface area (Å²) in [6.07, 6.45) is 0. The fraction of sp³-hybridized carbons (Fsp3) is 0.259. The number of para-hydroxylation sites is 2. The first-order chi connectivity index (χ1) is 15.8. The lowest BCUT2D eigenvalue weighted by atomic mass is 9.87. The van der Waals surface area contributed by atoms with Gasteiger partial charge in [0.05, 0.1) is 29.7 Å². The molecule has 1 aromatic heterocycles. The van der Waals surface area contributed by atoms with E-state index in [1.54, 1.807) is 12.1 Å². The molecule has 0 aliphatic rings. The van der Waals surface area contributed by atoms with E-state index >= 15 is 0 Å². The second kappa shape index (κ2) is 9.45. The van der Waals surface area contributed by atoms with E-state index in [1.807, 2.05) is 41.0 Å². The van der Waals surface area contributed by atoms with Crippen LogP contribution in [0.15, 0.2) is 72.8 Å². The Hall–Kier alpha value is -3.67. The minimum Gasteiger partial charge on any atom is -0.492 e. The summed E-state index contributed by atoms with van der Waals surface area (Å²) in [6.45, 7) is 7.73. The van der Waals surface area contributed by atoms with E-state index in [9.17, 15) is 9.18 Å². The van der Waals surface area contributed by atoms with Crippen molar-refractivity contribution in [3.8, 4) is 5.75 Å². The fourth-order valence-electron chi connectivity index (χ4n) is 3.72. The van der Waals surface area contributed by atoms with E-state index in [2.05, 4.69) is 43.2 Å². The van der Waals surface area contributed by atoms with Crippen LogP contribution in [0.3, 0.4) is 0 Å². The summed E-state index contributed by atoms with van der Waals surface area (Å²) in [5.74, 6) is 0.477. The summed E-state index contributed by atoms with van der Waals surface area (Å²) in [7, 11) is 0. The molecule has 4 aromatic rings. The number of rotatable bonds is 7. The minimum absolute atomic E-state index is 0.0159. The van der Waals surface area contributed by atoms with Crippen LogP contribution in [0.5, 0.6) is 5.75 Å². The lowest BCUT2D eigenvalue weighted by Crippen LogP contribution is -2.26. The Bertz CT molecular complexity index is 1260. The molecular formula is C27H28FN3O2. The molecule has 0 atom stereocenters. The highest BCUT2D eigenvalue weighted by Gasteiger charge is 2.15. The molecule has 0 radical (unpaired) electrons. The Morgan fingerprint density at radius 1 is 1.00 bits per heavy atom. The van der Waals surface area contributed by atoms with Gasteiger partial charge in [0, 0.05) is 0 Å². The largest absolute Gasteiger partial charge is 0.492 e. The van der Waals surface area contributed by atoms with Crippen molar-refractivity contribution < 1.29 is 13.9 Å². The van der Waals surface area contributed by atoms with Crippen LogP contribution < -0.4 is 10.1 Å². The second-order valence-corrected chi connectivity index (χ2v) is 8.95. The number of carbonyl (C=O) groups is 1. The van der Waals surface area contributed by atoms with Crippen LogP contribution >= 0.6 is 0 Å². The molecule has 1 amide bonds. The number of fused-ring (bicyclic) bond motifs is 1. The van der Waals surface area contributed by atoms with Crippen LogP contribution in [0.2, 0.25) is 0 Å². The smallest absolute Gasteiger partial charge is 0.254 e. The number of hydrogen-bond donors (Lipinski definition) is 1. The van der Waals surface area contributed by atoms with Crippen LogP contribution in [0.4, 0.5) is 4.39 Å². The minimum atomic E-state index is -0.547. The molecule has 33 heavy (non-hydrogen) atoms. The summed E-state index contributed by atoms with van der Waals surface area (Å²) in [5.41, 5.74) is 3.16. The van der Waals surface area contributed by atoms with Crippen molar-refractivity contribution in [1.82, 2.24) is 14.9 Å². The van der Waals surface area contributed by atoms with Gasteiger partial charge in [0.2, 0.25) is 0 Å². The summed E-state index contributed by atoms with van der Waals surface area (Å²) in [4.78, 5) is 17.1. The van der Waals surface area contributed by atoms with Gasteiger partial charge in [-0.3, -0.25) is 4.79 Å². The number of imidazole rings is 1. The maximum Gasteiger partial charge on any atom is 0.254 e. The van der Waals surface area contributed by atoms with Crippen LogP contribution in [-0.2, 0) is 18.5 Å². The maximum absolute atomic E-state index is 13.9. The van der Waals surface area contributed by atoms with Gasteiger partial charge in [0.15, 0.2) is 0 Å². The van der Waals surface area contributed by atoms with Crippen LogP contribution in [0.1, 0.15) is 42.5 Å². The Morgan fingerprint density at radius 2 is 1.70 bits per heavy atom. The van der Waals surface area contributed by atoms with Crippen molar-refractivity contribution in [2.45, 2.75) is 39.3 Å². The van der Waals surface area contributed by atoms with Gasteiger partial charge in [0.1, 0.15) is 24.0 Å². The molecule has 6 heteroatoms.